The van der Waals surface area contributed by atoms with Crippen LogP contribution >= 0.6 is 0 Å². The van der Waals surface area contributed by atoms with Gasteiger partial charge in [-0.3, -0.25) is 0 Å². The van der Waals surface area contributed by atoms with Crippen molar-refractivity contribution < 1.29 is 19.3 Å². The van der Waals surface area contributed by atoms with E-state index >= 15 is 0 Å². The molecule has 4 nitrogen and oxygen atoms in total. The first-order valence-corrected chi connectivity index (χ1v) is 10.7. The Morgan fingerprint density at radius 3 is 1.71 bits per heavy atom. The first-order valence-electron chi connectivity index (χ1n) is 10.7. The van der Waals surface area contributed by atoms with Crippen LogP contribution in [0.1, 0.15) is 23.6 Å². The van der Waals surface area contributed by atoms with E-state index in [-0.39, 0.29) is 6.61 Å². The van der Waals surface area contributed by atoms with Gasteiger partial charge in [0.1, 0.15) is 17.8 Å². The summed E-state index contributed by atoms with van der Waals surface area (Å²) in [6, 6.07) is 30.5. The molecule has 4 heteroatoms. The van der Waals surface area contributed by atoms with Crippen LogP contribution in [0.4, 0.5) is 0 Å². The fraction of sp³-hybridized carbons (Fsp3) is 0.259. The fourth-order valence-electron chi connectivity index (χ4n) is 4.00. The lowest BCUT2D eigenvalue weighted by Crippen LogP contribution is -2.43. The maximum Gasteiger partial charge on any atom is 0.177 e. The first-order chi connectivity index (χ1) is 15.2. The molecular weight excluding hydrogens is 388 g/mol. The molecule has 0 saturated heterocycles. The van der Waals surface area contributed by atoms with E-state index in [2.05, 4.69) is 36.4 Å². The molecule has 0 bridgehead atoms. The summed E-state index contributed by atoms with van der Waals surface area (Å²) < 4.78 is 18.3. The van der Waals surface area contributed by atoms with Gasteiger partial charge < -0.3 is 19.3 Å². The minimum Gasteiger partial charge on any atom is -0.386 e. The van der Waals surface area contributed by atoms with Crippen LogP contribution in [0.2, 0.25) is 0 Å². The smallest absolute Gasteiger partial charge is 0.177 e. The summed E-state index contributed by atoms with van der Waals surface area (Å²) in [5.41, 5.74) is 2.17. The zero-order valence-electron chi connectivity index (χ0n) is 17.6. The molecular formula is C27H28O4. The third-order valence-electron chi connectivity index (χ3n) is 5.49. The van der Waals surface area contributed by atoms with Crippen molar-refractivity contribution in [2.45, 2.75) is 31.0 Å². The van der Waals surface area contributed by atoms with Crippen molar-refractivity contribution in [1.29, 1.82) is 0 Å². The maximum atomic E-state index is 10.5. The Morgan fingerprint density at radius 2 is 1.26 bits per heavy atom. The van der Waals surface area contributed by atoms with E-state index in [9.17, 15) is 5.11 Å². The van der Waals surface area contributed by atoms with E-state index in [0.29, 0.717) is 6.61 Å². The third kappa shape index (κ3) is 4.63. The van der Waals surface area contributed by atoms with Crippen LogP contribution in [0.25, 0.3) is 0 Å². The van der Waals surface area contributed by atoms with Crippen LogP contribution in [0.15, 0.2) is 103 Å². The summed E-state index contributed by atoms with van der Waals surface area (Å²) in [4.78, 5) is 0. The molecule has 4 rings (SSSR count). The van der Waals surface area contributed by atoms with Crippen LogP contribution in [0.3, 0.4) is 0 Å². The van der Waals surface area contributed by atoms with Crippen molar-refractivity contribution in [3.8, 4) is 0 Å². The SMILES string of the molecule is CCOC1C=C[C@H](O)[C@@H](COC(c2ccccc2)(c2ccccc2)c2ccccc2)O1. The molecule has 3 atom stereocenters. The lowest BCUT2D eigenvalue weighted by atomic mass is 9.80. The van der Waals surface area contributed by atoms with E-state index in [4.69, 9.17) is 14.2 Å². The van der Waals surface area contributed by atoms with Crippen molar-refractivity contribution in [1.82, 2.24) is 0 Å². The Labute approximate surface area is 183 Å². The highest BCUT2D eigenvalue weighted by atomic mass is 16.7. The summed E-state index contributed by atoms with van der Waals surface area (Å²) in [6.45, 7) is 2.63. The number of rotatable bonds is 8. The maximum absolute atomic E-state index is 10.5. The second kappa shape index (κ2) is 10.0. The van der Waals surface area contributed by atoms with Crippen LogP contribution in [-0.2, 0) is 19.8 Å². The highest BCUT2D eigenvalue weighted by molar-refractivity contribution is 5.47. The van der Waals surface area contributed by atoms with Crippen molar-refractivity contribution >= 4 is 0 Å². The zero-order chi connectivity index (χ0) is 21.5. The molecule has 1 aliphatic heterocycles. The van der Waals surface area contributed by atoms with E-state index in [1.54, 1.807) is 12.2 Å². The number of benzene rings is 3. The summed E-state index contributed by atoms with van der Waals surface area (Å²) >= 11 is 0. The lowest BCUT2D eigenvalue weighted by molar-refractivity contribution is -0.191. The van der Waals surface area contributed by atoms with Gasteiger partial charge in [-0.05, 0) is 29.7 Å². The van der Waals surface area contributed by atoms with E-state index in [1.807, 2.05) is 61.5 Å². The molecule has 0 aromatic heterocycles. The first kappa shape index (κ1) is 21.5. The van der Waals surface area contributed by atoms with Gasteiger partial charge >= 0.3 is 0 Å². The zero-order valence-corrected chi connectivity index (χ0v) is 17.6. The third-order valence-corrected chi connectivity index (χ3v) is 5.49. The predicted molar refractivity (Wildman–Crippen MR) is 121 cm³/mol. The average molecular weight is 417 g/mol. The molecule has 0 amide bonds. The molecule has 1 N–H and O–H groups in total. The molecule has 160 valence electrons. The quantitative estimate of drug-likeness (QED) is 0.428. The fourth-order valence-corrected chi connectivity index (χ4v) is 4.00. The lowest BCUT2D eigenvalue weighted by Gasteiger charge is -2.38. The normalized spacial score (nSPS) is 21.2. The monoisotopic (exact) mass is 416 g/mol. The topological polar surface area (TPSA) is 47.9 Å². The number of hydrogen-bond donors (Lipinski definition) is 1. The Bertz CT molecular complexity index is 860. The molecule has 3 aromatic rings. The summed E-state index contributed by atoms with van der Waals surface area (Å²) in [6.07, 6.45) is 1.66. The Kier molecular flexibility index (Phi) is 6.95. The van der Waals surface area contributed by atoms with Gasteiger partial charge in [0, 0.05) is 6.61 Å². The number of aliphatic hydroxyl groups excluding tert-OH is 1. The van der Waals surface area contributed by atoms with Gasteiger partial charge in [-0.1, -0.05) is 97.1 Å². The van der Waals surface area contributed by atoms with Crippen LogP contribution < -0.4 is 0 Å². The van der Waals surface area contributed by atoms with Crippen molar-refractivity contribution in [3.63, 3.8) is 0 Å². The van der Waals surface area contributed by atoms with E-state index in [1.165, 1.54) is 0 Å². The Balaban J connectivity index is 1.75. The van der Waals surface area contributed by atoms with Crippen LogP contribution in [-0.4, -0.2) is 36.8 Å². The van der Waals surface area contributed by atoms with E-state index < -0.39 is 24.1 Å². The van der Waals surface area contributed by atoms with Crippen molar-refractivity contribution in [2.75, 3.05) is 13.2 Å². The summed E-state index contributed by atoms with van der Waals surface area (Å²) in [7, 11) is 0. The molecule has 0 radical (unpaired) electrons. The van der Waals surface area contributed by atoms with Crippen molar-refractivity contribution in [2.24, 2.45) is 0 Å². The predicted octanol–water partition coefficient (Wildman–Crippen LogP) is 4.67. The van der Waals surface area contributed by atoms with Gasteiger partial charge in [0.15, 0.2) is 6.29 Å². The minimum absolute atomic E-state index is 0.188. The number of ether oxygens (including phenoxy) is 3. The van der Waals surface area contributed by atoms with Crippen LogP contribution in [0.5, 0.6) is 0 Å². The second-order valence-corrected chi connectivity index (χ2v) is 7.46. The molecule has 0 fully saturated rings. The van der Waals surface area contributed by atoms with Crippen LogP contribution in [0, 0.1) is 0 Å². The van der Waals surface area contributed by atoms with Gasteiger partial charge in [0.05, 0.1) is 6.61 Å². The van der Waals surface area contributed by atoms with Gasteiger partial charge in [-0.25, -0.2) is 0 Å². The summed E-state index contributed by atoms with van der Waals surface area (Å²) in [5.74, 6) is 0. The Morgan fingerprint density at radius 1 is 0.774 bits per heavy atom. The van der Waals surface area contributed by atoms with Gasteiger partial charge in [0.2, 0.25) is 0 Å². The van der Waals surface area contributed by atoms with Crippen molar-refractivity contribution in [3.05, 3.63) is 120 Å². The molecule has 3 aromatic carbocycles. The number of aliphatic hydroxyl groups is 1. The standard InChI is InChI=1S/C27H28O4/c1-2-29-26-19-18-24(28)25(31-26)20-30-27(21-12-6-3-7-13-21,22-14-8-4-9-15-22)23-16-10-5-11-17-23/h3-19,24-26,28H,2,20H2,1H3/t24-,25+,26?/m0/s1. The molecule has 0 aliphatic carbocycles. The second-order valence-electron chi connectivity index (χ2n) is 7.46. The largest absolute Gasteiger partial charge is 0.386 e. The number of hydrogen-bond acceptors (Lipinski definition) is 4. The average Bonchev–Trinajstić information content (AvgIpc) is 2.83. The molecule has 1 heterocycles. The Hall–Kier alpha value is -2.76. The molecule has 0 spiro atoms. The highest BCUT2D eigenvalue weighted by Crippen LogP contribution is 2.40. The molecule has 31 heavy (non-hydrogen) atoms. The molecule has 1 aliphatic rings. The van der Waals surface area contributed by atoms with Gasteiger partial charge in [-0.15, -0.1) is 0 Å². The van der Waals surface area contributed by atoms with E-state index in [0.717, 1.165) is 16.7 Å². The highest BCUT2D eigenvalue weighted by Gasteiger charge is 2.39. The van der Waals surface area contributed by atoms with Gasteiger partial charge in [0.25, 0.3) is 0 Å². The van der Waals surface area contributed by atoms with Gasteiger partial charge in [-0.2, -0.15) is 0 Å². The molecule has 1 unspecified atom stereocenters. The molecule has 0 saturated carbocycles. The minimum atomic E-state index is -0.852. The summed E-state index contributed by atoms with van der Waals surface area (Å²) in [5, 5.41) is 10.5.